The molecule has 0 aromatic heterocycles. The number of rotatable bonds is 2. The van der Waals surface area contributed by atoms with Crippen LogP contribution in [0.25, 0.3) is 0 Å². The van der Waals surface area contributed by atoms with E-state index in [1.165, 1.54) is 15.9 Å². The first kappa shape index (κ1) is 12.8. The largest absolute Gasteiger partial charge is 0.433 e. The van der Waals surface area contributed by atoms with Crippen molar-refractivity contribution in [2.24, 2.45) is 0 Å². The Balaban J connectivity index is 5.21. The van der Waals surface area contributed by atoms with E-state index in [9.17, 15) is 26.3 Å². The molecule has 1 unspecified atom stereocenters. The molecule has 0 saturated carbocycles. The molecule has 13 heavy (non-hydrogen) atoms. The van der Waals surface area contributed by atoms with Gasteiger partial charge in [0.2, 0.25) is 0 Å². The first-order chi connectivity index (χ1) is 5.56. The maximum absolute atomic E-state index is 12.8. The molecule has 0 heterocycles. The van der Waals surface area contributed by atoms with E-state index >= 15 is 0 Å². The molecule has 0 bridgehead atoms. The highest BCUT2D eigenvalue weighted by atomic mass is 79.9. The minimum absolute atomic E-state index is 0.234. The lowest BCUT2D eigenvalue weighted by Gasteiger charge is -2.28. The summed E-state index contributed by atoms with van der Waals surface area (Å²) in [5, 5.41) is 0. The molecule has 78 valence electrons. The van der Waals surface area contributed by atoms with Crippen LogP contribution < -0.4 is 0 Å². The predicted octanol–water partition coefficient (Wildman–Crippen LogP) is 3.82. The topological polar surface area (TPSA) is 0 Å². The van der Waals surface area contributed by atoms with Gasteiger partial charge in [-0.05, 0) is 28.9 Å². The van der Waals surface area contributed by atoms with Crippen LogP contribution in [-0.2, 0) is 0 Å². The number of halogens is 7. The first-order valence-electron chi connectivity index (χ1n) is 3.02. The van der Waals surface area contributed by atoms with E-state index < -0.39 is 16.7 Å². The van der Waals surface area contributed by atoms with Crippen LogP contribution in [0.1, 0.15) is 6.92 Å². The van der Waals surface area contributed by atoms with Crippen LogP contribution in [0.4, 0.5) is 26.3 Å². The Labute approximate surface area is 78.7 Å². The lowest BCUT2D eigenvalue weighted by Crippen LogP contribution is -2.50. The molecule has 0 aromatic carbocycles. The molecule has 0 saturated heterocycles. The Morgan fingerprint density at radius 3 is 1.46 bits per heavy atom. The smallest absolute Gasteiger partial charge is 0.221 e. The Morgan fingerprint density at radius 2 is 1.38 bits per heavy atom. The zero-order valence-corrected chi connectivity index (χ0v) is 7.89. The van der Waals surface area contributed by atoms with E-state index in [4.69, 9.17) is 0 Å². The highest BCUT2D eigenvalue weighted by molar-refractivity contribution is 9.10. The Bertz CT molecular complexity index is 186. The van der Waals surface area contributed by atoms with Gasteiger partial charge in [0, 0.05) is 0 Å². The molecule has 0 nitrogen and oxygen atoms in total. The standard InChI is InChI=1S/C6H5BrF6/c1-2-3-4(8,5(7,9)10)6(11,12)13/h2-3H,1H3. The summed E-state index contributed by atoms with van der Waals surface area (Å²) in [7, 11) is 0. The molecule has 0 spiro atoms. The van der Waals surface area contributed by atoms with Gasteiger partial charge in [0.15, 0.2) is 0 Å². The van der Waals surface area contributed by atoms with Gasteiger partial charge >= 0.3 is 11.0 Å². The number of allylic oxidation sites excluding steroid dienone is 2. The zero-order valence-electron chi connectivity index (χ0n) is 6.30. The molecule has 0 radical (unpaired) electrons. The summed E-state index contributed by atoms with van der Waals surface area (Å²) in [6, 6.07) is 0. The van der Waals surface area contributed by atoms with Crippen molar-refractivity contribution < 1.29 is 26.3 Å². The highest BCUT2D eigenvalue weighted by Crippen LogP contribution is 2.49. The molecular weight excluding hydrogens is 266 g/mol. The van der Waals surface area contributed by atoms with Crippen molar-refractivity contribution in [2.45, 2.75) is 23.6 Å². The van der Waals surface area contributed by atoms with Crippen LogP contribution in [0.15, 0.2) is 12.2 Å². The van der Waals surface area contributed by atoms with Crippen LogP contribution in [-0.4, -0.2) is 16.7 Å². The van der Waals surface area contributed by atoms with Crippen molar-refractivity contribution in [3.8, 4) is 0 Å². The molecule has 0 N–H and O–H groups in total. The van der Waals surface area contributed by atoms with E-state index in [0.717, 1.165) is 6.92 Å². The third kappa shape index (κ3) is 2.38. The summed E-state index contributed by atoms with van der Waals surface area (Å²) in [5.41, 5.74) is -4.67. The van der Waals surface area contributed by atoms with Crippen molar-refractivity contribution in [3.63, 3.8) is 0 Å². The maximum Gasteiger partial charge on any atom is 0.433 e. The third-order valence-electron chi connectivity index (χ3n) is 1.22. The van der Waals surface area contributed by atoms with Crippen molar-refractivity contribution in [1.29, 1.82) is 0 Å². The van der Waals surface area contributed by atoms with Gasteiger partial charge in [-0.25, -0.2) is 4.39 Å². The average Bonchev–Trinajstić information content (AvgIpc) is 1.82. The lowest BCUT2D eigenvalue weighted by atomic mass is 10.1. The van der Waals surface area contributed by atoms with Crippen molar-refractivity contribution in [3.05, 3.63) is 12.2 Å². The van der Waals surface area contributed by atoms with E-state index in [-0.39, 0.29) is 6.08 Å². The second-order valence-corrected chi connectivity index (χ2v) is 3.20. The van der Waals surface area contributed by atoms with Crippen molar-refractivity contribution in [1.82, 2.24) is 0 Å². The summed E-state index contributed by atoms with van der Waals surface area (Å²) in [6.45, 7) is 1.01. The molecule has 0 amide bonds. The van der Waals surface area contributed by atoms with E-state index in [0.29, 0.717) is 6.08 Å². The minimum atomic E-state index is -5.66. The van der Waals surface area contributed by atoms with Gasteiger partial charge in [0.05, 0.1) is 0 Å². The normalized spacial score (nSPS) is 19.1. The fourth-order valence-corrected chi connectivity index (χ4v) is 0.936. The molecule has 0 aliphatic carbocycles. The van der Waals surface area contributed by atoms with Gasteiger partial charge in [-0.15, -0.1) is 0 Å². The monoisotopic (exact) mass is 270 g/mol. The van der Waals surface area contributed by atoms with E-state index in [1.54, 1.807) is 0 Å². The van der Waals surface area contributed by atoms with E-state index in [1.807, 2.05) is 0 Å². The molecule has 0 fully saturated rings. The summed E-state index contributed by atoms with van der Waals surface area (Å²) in [4.78, 5) is -4.68. The SMILES string of the molecule is CC=CC(F)(C(F)(F)F)C(F)(F)Br. The number of hydrogen-bond acceptors (Lipinski definition) is 0. The molecule has 1 atom stereocenters. The second kappa shape index (κ2) is 3.51. The van der Waals surface area contributed by atoms with Crippen LogP contribution in [0.2, 0.25) is 0 Å². The summed E-state index contributed by atoms with van der Waals surface area (Å²) < 4.78 is 72.8. The fraction of sp³-hybridized carbons (Fsp3) is 0.667. The number of hydrogen-bond donors (Lipinski definition) is 0. The van der Waals surface area contributed by atoms with Crippen molar-refractivity contribution in [2.75, 3.05) is 0 Å². The maximum atomic E-state index is 12.8. The molecule has 0 aliphatic rings. The summed E-state index contributed by atoms with van der Waals surface area (Å²) in [6.07, 6.45) is -5.32. The minimum Gasteiger partial charge on any atom is -0.221 e. The quantitative estimate of drug-likeness (QED) is 0.407. The highest BCUT2D eigenvalue weighted by Gasteiger charge is 2.68. The molecular formula is C6H5BrF6. The number of alkyl halides is 7. The summed E-state index contributed by atoms with van der Waals surface area (Å²) in [5.74, 6) is 0. The lowest BCUT2D eigenvalue weighted by molar-refractivity contribution is -0.254. The van der Waals surface area contributed by atoms with Gasteiger partial charge < -0.3 is 0 Å². The molecule has 0 aliphatic heterocycles. The molecule has 0 rings (SSSR count). The Kier molecular flexibility index (Phi) is 3.46. The second-order valence-electron chi connectivity index (χ2n) is 2.21. The molecule has 7 heteroatoms. The third-order valence-corrected chi connectivity index (χ3v) is 1.80. The van der Waals surface area contributed by atoms with Crippen LogP contribution >= 0.6 is 15.9 Å². The van der Waals surface area contributed by atoms with Crippen LogP contribution in [0.5, 0.6) is 0 Å². The first-order valence-corrected chi connectivity index (χ1v) is 3.82. The van der Waals surface area contributed by atoms with Gasteiger partial charge in [0.25, 0.3) is 5.67 Å². The van der Waals surface area contributed by atoms with Crippen LogP contribution in [0, 0.1) is 0 Å². The van der Waals surface area contributed by atoms with Gasteiger partial charge in [-0.1, -0.05) is 6.08 Å². The van der Waals surface area contributed by atoms with Gasteiger partial charge in [-0.2, -0.15) is 22.0 Å². The van der Waals surface area contributed by atoms with Crippen LogP contribution in [0.3, 0.4) is 0 Å². The zero-order chi connectivity index (χ0) is 10.9. The summed E-state index contributed by atoms with van der Waals surface area (Å²) >= 11 is 1.36. The Hall–Kier alpha value is -0.200. The predicted molar refractivity (Wildman–Crippen MR) is 38.6 cm³/mol. The molecule has 0 aromatic rings. The fourth-order valence-electron chi connectivity index (χ4n) is 0.579. The van der Waals surface area contributed by atoms with E-state index in [2.05, 4.69) is 0 Å². The Morgan fingerprint density at radius 1 is 1.00 bits per heavy atom. The average molecular weight is 271 g/mol. The van der Waals surface area contributed by atoms with Gasteiger partial charge in [0.1, 0.15) is 0 Å². The van der Waals surface area contributed by atoms with Crippen molar-refractivity contribution >= 4 is 15.9 Å². The van der Waals surface area contributed by atoms with Gasteiger partial charge in [-0.3, -0.25) is 0 Å².